The van der Waals surface area contributed by atoms with E-state index in [0.29, 0.717) is 31.8 Å². The van der Waals surface area contributed by atoms with Gasteiger partial charge < -0.3 is 20.1 Å². The van der Waals surface area contributed by atoms with Gasteiger partial charge in [0.25, 0.3) is 0 Å². The van der Waals surface area contributed by atoms with Gasteiger partial charge in [-0.3, -0.25) is 4.79 Å². The number of rotatable bonds is 2. The minimum Gasteiger partial charge on any atom is -0.481 e. The maximum absolute atomic E-state index is 13.0. The van der Waals surface area contributed by atoms with Crippen molar-refractivity contribution in [2.75, 3.05) is 13.1 Å². The highest BCUT2D eigenvalue weighted by Gasteiger charge is 2.57. The molecule has 1 heterocycles. The third kappa shape index (κ3) is 3.32. The molecule has 2 amide bonds. The van der Waals surface area contributed by atoms with Crippen LogP contribution in [-0.4, -0.2) is 52.3 Å². The molecular formula is C20H32N2O4. The first-order valence-electron chi connectivity index (χ1n) is 10.2. The van der Waals surface area contributed by atoms with E-state index >= 15 is 0 Å². The number of amides is 2. The summed E-state index contributed by atoms with van der Waals surface area (Å²) in [4.78, 5) is 26.0. The van der Waals surface area contributed by atoms with Gasteiger partial charge in [0.15, 0.2) is 0 Å². The van der Waals surface area contributed by atoms with Crippen LogP contribution in [0, 0.1) is 17.8 Å². The Kier molecular flexibility index (Phi) is 4.45. The third-order valence-electron chi connectivity index (χ3n) is 7.12. The fourth-order valence-electron chi connectivity index (χ4n) is 6.06. The van der Waals surface area contributed by atoms with E-state index in [1.54, 1.807) is 0 Å². The number of urea groups is 1. The number of hydrogen-bond acceptors (Lipinski definition) is 3. The molecule has 6 heteroatoms. The first-order chi connectivity index (χ1) is 12.3. The van der Waals surface area contributed by atoms with Gasteiger partial charge in [0.05, 0.1) is 30.2 Å². The van der Waals surface area contributed by atoms with Gasteiger partial charge >= 0.3 is 12.0 Å². The van der Waals surface area contributed by atoms with Crippen LogP contribution in [0.2, 0.25) is 0 Å². The molecule has 4 fully saturated rings. The molecule has 1 aliphatic heterocycles. The molecule has 1 spiro atoms. The van der Waals surface area contributed by atoms with Crippen molar-refractivity contribution < 1.29 is 19.4 Å². The van der Waals surface area contributed by atoms with Gasteiger partial charge in [-0.25, -0.2) is 4.79 Å². The molecule has 26 heavy (non-hydrogen) atoms. The normalized spacial score (nSPS) is 41.4. The molecule has 1 saturated heterocycles. The van der Waals surface area contributed by atoms with Crippen molar-refractivity contribution in [3.8, 4) is 0 Å². The zero-order valence-electron chi connectivity index (χ0n) is 16.0. The number of hydrogen-bond donors (Lipinski definition) is 2. The van der Waals surface area contributed by atoms with Gasteiger partial charge in [-0.2, -0.15) is 0 Å². The van der Waals surface area contributed by atoms with Crippen LogP contribution < -0.4 is 5.32 Å². The highest BCUT2D eigenvalue weighted by molar-refractivity contribution is 5.75. The van der Waals surface area contributed by atoms with Crippen LogP contribution in [0.3, 0.4) is 0 Å². The lowest BCUT2D eigenvalue weighted by Gasteiger charge is -2.52. The molecule has 3 atom stereocenters. The van der Waals surface area contributed by atoms with E-state index in [2.05, 4.69) is 19.2 Å². The summed E-state index contributed by atoms with van der Waals surface area (Å²) in [6.45, 7) is 5.51. The van der Waals surface area contributed by atoms with E-state index in [-0.39, 0.29) is 29.2 Å². The van der Waals surface area contributed by atoms with Gasteiger partial charge in [0.1, 0.15) is 0 Å². The second-order valence-corrected chi connectivity index (χ2v) is 9.70. The Bertz CT molecular complexity index is 584. The molecule has 0 aromatic carbocycles. The predicted molar refractivity (Wildman–Crippen MR) is 96.8 cm³/mol. The molecule has 146 valence electrons. The maximum atomic E-state index is 13.0. The van der Waals surface area contributed by atoms with Gasteiger partial charge in [0, 0.05) is 6.04 Å². The Morgan fingerprint density at radius 1 is 1.08 bits per heavy atom. The van der Waals surface area contributed by atoms with Crippen molar-refractivity contribution in [3.63, 3.8) is 0 Å². The van der Waals surface area contributed by atoms with Crippen molar-refractivity contribution in [2.45, 2.75) is 82.5 Å². The molecule has 0 unspecified atom stereocenters. The zero-order valence-corrected chi connectivity index (χ0v) is 16.0. The van der Waals surface area contributed by atoms with E-state index in [9.17, 15) is 9.59 Å². The molecule has 6 nitrogen and oxygen atoms in total. The van der Waals surface area contributed by atoms with Crippen molar-refractivity contribution in [3.05, 3.63) is 0 Å². The highest BCUT2D eigenvalue weighted by Crippen LogP contribution is 2.55. The number of carbonyl (C=O) groups excluding carboxylic acids is 1. The Balaban J connectivity index is 1.39. The summed E-state index contributed by atoms with van der Waals surface area (Å²) in [5.74, 6) is 0.407. The quantitative estimate of drug-likeness (QED) is 0.789. The molecule has 3 saturated carbocycles. The summed E-state index contributed by atoms with van der Waals surface area (Å²) in [6.07, 6.45) is 7.72. The smallest absolute Gasteiger partial charge is 0.317 e. The maximum Gasteiger partial charge on any atom is 0.317 e. The van der Waals surface area contributed by atoms with E-state index in [1.807, 2.05) is 4.90 Å². The summed E-state index contributed by atoms with van der Waals surface area (Å²) in [6, 6.07) is 0.0994. The Morgan fingerprint density at radius 2 is 1.81 bits per heavy atom. The molecule has 2 bridgehead atoms. The van der Waals surface area contributed by atoms with Crippen LogP contribution in [0.25, 0.3) is 0 Å². The van der Waals surface area contributed by atoms with Crippen LogP contribution in [0.5, 0.6) is 0 Å². The number of carboxylic acids is 1. The number of nitrogens with zero attached hydrogens (tertiary/aromatic N) is 1. The monoisotopic (exact) mass is 364 g/mol. The second-order valence-electron chi connectivity index (χ2n) is 9.70. The van der Waals surface area contributed by atoms with Crippen molar-refractivity contribution >= 4 is 12.0 Å². The van der Waals surface area contributed by atoms with E-state index in [0.717, 1.165) is 25.2 Å². The number of ether oxygens (including phenoxy) is 1. The minimum atomic E-state index is -0.706. The molecule has 0 aromatic rings. The van der Waals surface area contributed by atoms with E-state index in [1.165, 1.54) is 19.3 Å². The Hall–Kier alpha value is -1.30. The third-order valence-corrected chi connectivity index (χ3v) is 7.12. The average Bonchev–Trinajstić information content (AvgIpc) is 3.14. The van der Waals surface area contributed by atoms with Gasteiger partial charge in [-0.15, -0.1) is 0 Å². The Labute approximate surface area is 155 Å². The van der Waals surface area contributed by atoms with Crippen LogP contribution in [-0.2, 0) is 9.53 Å². The molecule has 0 radical (unpaired) electrons. The van der Waals surface area contributed by atoms with Crippen LogP contribution in [0.1, 0.15) is 65.2 Å². The van der Waals surface area contributed by atoms with Crippen LogP contribution in [0.15, 0.2) is 0 Å². The topological polar surface area (TPSA) is 78.9 Å². The lowest BCUT2D eigenvalue weighted by molar-refractivity contribution is -0.208. The van der Waals surface area contributed by atoms with Crippen molar-refractivity contribution in [1.82, 2.24) is 10.2 Å². The number of fused-ring (bicyclic) bond motifs is 3. The fourth-order valence-corrected chi connectivity index (χ4v) is 6.06. The summed E-state index contributed by atoms with van der Waals surface area (Å²) in [5, 5.41) is 12.3. The number of carbonyl (C=O) groups is 2. The van der Waals surface area contributed by atoms with Gasteiger partial charge in [-0.05, 0) is 77.0 Å². The SMILES string of the molecule is CC1(C)CN(C(=O)NC2CCC(C(=O)O)CC2)C[C@]2(C[C@@H]3CC[C@H]2C3)O1. The fraction of sp³-hybridized carbons (Fsp3) is 0.900. The zero-order chi connectivity index (χ0) is 18.5. The molecule has 0 aromatic heterocycles. The molecule has 4 aliphatic rings. The number of aliphatic carboxylic acids is 1. The van der Waals surface area contributed by atoms with Crippen molar-refractivity contribution in [1.29, 1.82) is 0 Å². The second kappa shape index (κ2) is 6.39. The predicted octanol–water partition coefficient (Wildman–Crippen LogP) is 3.01. The largest absolute Gasteiger partial charge is 0.481 e. The minimum absolute atomic E-state index is 0.00213. The molecule has 3 aliphatic carbocycles. The first kappa shape index (κ1) is 18.1. The highest BCUT2D eigenvalue weighted by atomic mass is 16.5. The molecular weight excluding hydrogens is 332 g/mol. The summed E-state index contributed by atoms with van der Waals surface area (Å²) >= 11 is 0. The lowest BCUT2D eigenvalue weighted by atomic mass is 9.81. The lowest BCUT2D eigenvalue weighted by Crippen LogP contribution is -2.64. The van der Waals surface area contributed by atoms with E-state index in [4.69, 9.17) is 9.84 Å². The van der Waals surface area contributed by atoms with E-state index < -0.39 is 5.97 Å². The van der Waals surface area contributed by atoms with Crippen LogP contribution in [0.4, 0.5) is 4.79 Å². The standard InChI is InChI=1S/C20H32N2O4/c1-19(2)11-22(12-20(26-19)10-13-3-6-15(20)9-13)18(25)21-16-7-4-14(5-8-16)17(23)24/h13-16H,3-12H2,1-2H3,(H,21,25)(H,23,24)/t13-,14?,15+,16?,20+/m1/s1. The first-order valence-corrected chi connectivity index (χ1v) is 10.2. The average molecular weight is 364 g/mol. The van der Waals surface area contributed by atoms with Crippen LogP contribution >= 0.6 is 0 Å². The Morgan fingerprint density at radius 3 is 2.38 bits per heavy atom. The molecule has 2 N–H and O–H groups in total. The van der Waals surface area contributed by atoms with Gasteiger partial charge in [-0.1, -0.05) is 0 Å². The van der Waals surface area contributed by atoms with Crippen molar-refractivity contribution in [2.24, 2.45) is 17.8 Å². The number of morpholine rings is 1. The summed E-state index contributed by atoms with van der Waals surface area (Å²) in [5.41, 5.74) is -0.468. The number of nitrogens with one attached hydrogen (secondary N) is 1. The summed E-state index contributed by atoms with van der Waals surface area (Å²) in [7, 11) is 0. The molecule has 4 rings (SSSR count). The summed E-state index contributed by atoms with van der Waals surface area (Å²) < 4.78 is 6.58. The number of carboxylic acid groups (broad SMARTS) is 1. The van der Waals surface area contributed by atoms with Gasteiger partial charge in [0.2, 0.25) is 0 Å².